The van der Waals surface area contributed by atoms with E-state index in [1.165, 1.54) is 12.8 Å². The maximum Gasteiger partial charge on any atom is 0.239 e. The Hall–Kier alpha value is -1.10. The average molecular weight is 282 g/mol. The molecule has 2 rings (SSSR count). The molecule has 20 heavy (non-hydrogen) atoms. The van der Waals surface area contributed by atoms with Crippen LogP contribution in [0.15, 0.2) is 0 Å². The number of amides is 2. The van der Waals surface area contributed by atoms with Crippen LogP contribution in [-0.2, 0) is 9.59 Å². The largest absolute Gasteiger partial charge is 0.391 e. The van der Waals surface area contributed by atoms with Crippen LogP contribution in [0, 0.1) is 5.92 Å². The standard InChI is InChI=1S/C15H26N2O3/c18-13-8-4-3-7-12(13)17-15(20)10-16-14(19)9-11-5-1-2-6-11/h11-13,18H,1-10H2,(H,16,19)(H,17,20). The molecule has 2 atom stereocenters. The van der Waals surface area contributed by atoms with Crippen molar-refractivity contribution >= 4 is 11.8 Å². The van der Waals surface area contributed by atoms with Crippen LogP contribution in [0.3, 0.4) is 0 Å². The molecule has 0 spiro atoms. The summed E-state index contributed by atoms with van der Waals surface area (Å²) in [5.41, 5.74) is 0. The topological polar surface area (TPSA) is 78.4 Å². The van der Waals surface area contributed by atoms with Crippen LogP contribution in [0.4, 0.5) is 0 Å². The number of aliphatic hydroxyl groups is 1. The van der Waals surface area contributed by atoms with E-state index in [9.17, 15) is 14.7 Å². The summed E-state index contributed by atoms with van der Waals surface area (Å²) in [6, 6.07) is -0.150. The monoisotopic (exact) mass is 282 g/mol. The van der Waals surface area contributed by atoms with Crippen molar-refractivity contribution in [1.82, 2.24) is 10.6 Å². The van der Waals surface area contributed by atoms with Crippen molar-refractivity contribution in [3.8, 4) is 0 Å². The fraction of sp³-hybridized carbons (Fsp3) is 0.867. The van der Waals surface area contributed by atoms with Gasteiger partial charge in [-0.3, -0.25) is 9.59 Å². The molecule has 3 N–H and O–H groups in total. The second-order valence-electron chi connectivity index (χ2n) is 6.16. The van der Waals surface area contributed by atoms with Gasteiger partial charge >= 0.3 is 0 Å². The van der Waals surface area contributed by atoms with Gasteiger partial charge in [-0.2, -0.15) is 0 Å². The van der Waals surface area contributed by atoms with E-state index in [1.807, 2.05) is 0 Å². The lowest BCUT2D eigenvalue weighted by atomic mass is 9.92. The van der Waals surface area contributed by atoms with Crippen LogP contribution >= 0.6 is 0 Å². The highest BCUT2D eigenvalue weighted by Crippen LogP contribution is 2.27. The van der Waals surface area contributed by atoms with Gasteiger partial charge in [0.25, 0.3) is 0 Å². The molecule has 0 radical (unpaired) electrons. The predicted octanol–water partition coefficient (Wildman–Crippen LogP) is 1.10. The van der Waals surface area contributed by atoms with E-state index < -0.39 is 6.10 Å². The van der Waals surface area contributed by atoms with Crippen LogP contribution in [0.5, 0.6) is 0 Å². The highest BCUT2D eigenvalue weighted by atomic mass is 16.3. The number of rotatable bonds is 5. The molecule has 114 valence electrons. The molecular weight excluding hydrogens is 256 g/mol. The predicted molar refractivity (Wildman–Crippen MR) is 76.0 cm³/mol. The average Bonchev–Trinajstić information content (AvgIpc) is 2.92. The Morgan fingerprint density at radius 2 is 1.60 bits per heavy atom. The summed E-state index contributed by atoms with van der Waals surface area (Å²) in [5.74, 6) is 0.269. The van der Waals surface area contributed by atoms with Crippen LogP contribution < -0.4 is 10.6 Å². The van der Waals surface area contributed by atoms with Crippen molar-refractivity contribution in [2.24, 2.45) is 5.92 Å². The second-order valence-corrected chi connectivity index (χ2v) is 6.16. The highest BCUT2D eigenvalue weighted by Gasteiger charge is 2.24. The molecule has 2 aliphatic carbocycles. The smallest absolute Gasteiger partial charge is 0.239 e. The summed E-state index contributed by atoms with van der Waals surface area (Å²) in [5, 5.41) is 15.3. The first-order chi connectivity index (χ1) is 9.65. The molecule has 2 fully saturated rings. The molecule has 2 unspecified atom stereocenters. The number of hydrogen-bond acceptors (Lipinski definition) is 3. The van der Waals surface area contributed by atoms with E-state index in [2.05, 4.69) is 10.6 Å². The fourth-order valence-corrected chi connectivity index (χ4v) is 3.27. The van der Waals surface area contributed by atoms with E-state index in [0.717, 1.165) is 38.5 Å². The molecule has 0 heterocycles. The Morgan fingerprint density at radius 3 is 2.30 bits per heavy atom. The minimum atomic E-state index is -0.443. The zero-order chi connectivity index (χ0) is 14.4. The van der Waals surface area contributed by atoms with E-state index in [-0.39, 0.29) is 24.4 Å². The Kier molecular flexibility index (Phi) is 5.83. The Balaban J connectivity index is 1.62. The summed E-state index contributed by atoms with van der Waals surface area (Å²) < 4.78 is 0. The van der Waals surface area contributed by atoms with Gasteiger partial charge in [-0.25, -0.2) is 0 Å². The molecule has 0 aromatic heterocycles. The third-order valence-corrected chi connectivity index (χ3v) is 4.47. The lowest BCUT2D eigenvalue weighted by Crippen LogP contribution is -2.48. The molecular formula is C15H26N2O3. The molecule has 0 bridgehead atoms. The zero-order valence-electron chi connectivity index (χ0n) is 12.1. The normalized spacial score (nSPS) is 27.2. The SMILES string of the molecule is O=C(CC1CCCC1)NCC(=O)NC1CCCCC1O. The first-order valence-corrected chi connectivity index (χ1v) is 7.89. The zero-order valence-corrected chi connectivity index (χ0v) is 12.1. The van der Waals surface area contributed by atoms with Gasteiger partial charge in [0.1, 0.15) is 0 Å². The van der Waals surface area contributed by atoms with Gasteiger partial charge in [0.05, 0.1) is 18.7 Å². The van der Waals surface area contributed by atoms with Crippen molar-refractivity contribution in [2.45, 2.75) is 69.9 Å². The van der Waals surface area contributed by atoms with Gasteiger partial charge in [-0.05, 0) is 31.6 Å². The van der Waals surface area contributed by atoms with Crippen molar-refractivity contribution < 1.29 is 14.7 Å². The maximum absolute atomic E-state index is 11.8. The first kappa shape index (κ1) is 15.3. The molecule has 0 aromatic carbocycles. The van der Waals surface area contributed by atoms with Crippen molar-refractivity contribution in [1.29, 1.82) is 0 Å². The van der Waals surface area contributed by atoms with Gasteiger partial charge in [0.15, 0.2) is 0 Å². The van der Waals surface area contributed by atoms with Gasteiger partial charge in [0.2, 0.25) is 11.8 Å². The maximum atomic E-state index is 11.8. The molecule has 5 heteroatoms. The quantitative estimate of drug-likeness (QED) is 0.706. The lowest BCUT2D eigenvalue weighted by molar-refractivity contribution is -0.127. The van der Waals surface area contributed by atoms with E-state index in [1.54, 1.807) is 0 Å². The third-order valence-electron chi connectivity index (χ3n) is 4.47. The Bertz CT molecular complexity index is 340. The van der Waals surface area contributed by atoms with Gasteiger partial charge < -0.3 is 15.7 Å². The number of aliphatic hydroxyl groups excluding tert-OH is 1. The molecule has 5 nitrogen and oxygen atoms in total. The van der Waals surface area contributed by atoms with Crippen LogP contribution in [0.25, 0.3) is 0 Å². The minimum Gasteiger partial charge on any atom is -0.391 e. The van der Waals surface area contributed by atoms with Gasteiger partial charge in [-0.15, -0.1) is 0 Å². The van der Waals surface area contributed by atoms with Crippen LogP contribution in [0.1, 0.15) is 57.8 Å². The Labute approximate surface area is 120 Å². The summed E-state index contributed by atoms with van der Waals surface area (Å²) in [7, 11) is 0. The van der Waals surface area contributed by atoms with E-state index >= 15 is 0 Å². The minimum absolute atomic E-state index is 0.0226. The van der Waals surface area contributed by atoms with Crippen molar-refractivity contribution in [3.63, 3.8) is 0 Å². The first-order valence-electron chi connectivity index (χ1n) is 7.89. The van der Waals surface area contributed by atoms with Crippen molar-refractivity contribution in [3.05, 3.63) is 0 Å². The van der Waals surface area contributed by atoms with E-state index in [0.29, 0.717) is 12.3 Å². The summed E-state index contributed by atoms with van der Waals surface area (Å²) >= 11 is 0. The number of nitrogens with one attached hydrogen (secondary N) is 2. The Morgan fingerprint density at radius 1 is 0.950 bits per heavy atom. The molecule has 0 saturated heterocycles. The molecule has 2 aliphatic rings. The number of carbonyl (C=O) groups is 2. The summed E-state index contributed by atoms with van der Waals surface area (Å²) in [4.78, 5) is 23.5. The van der Waals surface area contributed by atoms with Crippen LogP contribution in [0.2, 0.25) is 0 Å². The van der Waals surface area contributed by atoms with Crippen molar-refractivity contribution in [2.75, 3.05) is 6.54 Å². The number of hydrogen-bond donors (Lipinski definition) is 3. The molecule has 2 saturated carbocycles. The van der Waals surface area contributed by atoms with Gasteiger partial charge in [0, 0.05) is 6.42 Å². The summed E-state index contributed by atoms with van der Waals surface area (Å²) in [6.07, 6.45) is 8.43. The summed E-state index contributed by atoms with van der Waals surface area (Å²) in [6.45, 7) is 0.0226. The number of carbonyl (C=O) groups excluding carboxylic acids is 2. The molecule has 0 aromatic rings. The lowest BCUT2D eigenvalue weighted by Gasteiger charge is -2.28. The third kappa shape index (κ3) is 4.78. The second kappa shape index (κ2) is 7.62. The van der Waals surface area contributed by atoms with Gasteiger partial charge in [-0.1, -0.05) is 25.7 Å². The molecule has 0 aliphatic heterocycles. The molecule has 2 amide bonds. The fourth-order valence-electron chi connectivity index (χ4n) is 3.27. The highest BCUT2D eigenvalue weighted by molar-refractivity contribution is 5.84. The van der Waals surface area contributed by atoms with E-state index in [4.69, 9.17) is 0 Å². The van der Waals surface area contributed by atoms with Crippen LogP contribution in [-0.4, -0.2) is 35.6 Å².